The number of hydrogen-bond acceptors (Lipinski definition) is 8. The molecule has 2 saturated heterocycles. The van der Waals surface area contributed by atoms with Crippen LogP contribution in [0.15, 0.2) is 35.9 Å². The maximum atomic E-state index is 13.2. The van der Waals surface area contributed by atoms with E-state index < -0.39 is 39.7 Å². The Labute approximate surface area is 266 Å². The number of fused-ring (bicyclic) bond motifs is 10. The predicted molar refractivity (Wildman–Crippen MR) is 166 cm³/mol. The minimum atomic E-state index is -1.54. The van der Waals surface area contributed by atoms with Crippen LogP contribution in [0.5, 0.6) is 0 Å². The summed E-state index contributed by atoms with van der Waals surface area (Å²) in [4.78, 5) is 22.7. The van der Waals surface area contributed by atoms with Gasteiger partial charge in [-0.1, -0.05) is 39.3 Å². The molecule has 246 valence electrons. The molecule has 0 aromatic heterocycles. The Balaban J connectivity index is 1.25. The highest BCUT2D eigenvalue weighted by Gasteiger charge is 2.81. The van der Waals surface area contributed by atoms with E-state index in [1.165, 1.54) is 24.6 Å². The van der Waals surface area contributed by atoms with Crippen molar-refractivity contribution in [3.05, 3.63) is 51.6 Å². The van der Waals surface area contributed by atoms with Crippen LogP contribution in [0.2, 0.25) is 0 Å². The smallest absolute Gasteiger partial charge is 0.313 e. The average molecular weight is 624 g/mol. The highest BCUT2D eigenvalue weighted by atomic mass is 16.9. The molecule has 4 aliphatic carbocycles. The molecule has 0 amide bonds. The first-order valence-corrected chi connectivity index (χ1v) is 17.1. The van der Waals surface area contributed by atoms with Crippen LogP contribution < -0.4 is 0 Å². The van der Waals surface area contributed by atoms with Crippen LogP contribution in [0.25, 0.3) is 0 Å². The van der Waals surface area contributed by atoms with Gasteiger partial charge >= 0.3 is 11.9 Å². The maximum absolute atomic E-state index is 13.2. The Hall–Kier alpha value is -2.33. The van der Waals surface area contributed by atoms with Crippen molar-refractivity contribution in [2.45, 2.75) is 135 Å². The normalized spacial score (nSPS) is 46.4. The molecule has 1 aromatic carbocycles. The fourth-order valence-electron chi connectivity index (χ4n) is 11.0. The van der Waals surface area contributed by atoms with E-state index in [1.54, 1.807) is 12.1 Å². The largest absolute Gasteiger partial charge is 0.462 e. The fraction of sp³-hybridized carbons (Fsp3) is 0.750. The molecule has 7 rings (SSSR count). The van der Waals surface area contributed by atoms with Gasteiger partial charge in [0, 0.05) is 36.5 Å². The van der Waals surface area contributed by atoms with Crippen LogP contribution >= 0.6 is 0 Å². The third-order valence-corrected chi connectivity index (χ3v) is 13.3. The number of allylic oxidation sites excluding steroid dienone is 1. The zero-order valence-electron chi connectivity index (χ0n) is 27.5. The van der Waals surface area contributed by atoms with Gasteiger partial charge in [-0.3, -0.25) is 14.9 Å². The van der Waals surface area contributed by atoms with E-state index in [4.69, 9.17) is 18.9 Å². The van der Waals surface area contributed by atoms with E-state index in [2.05, 4.69) is 33.8 Å². The third-order valence-electron chi connectivity index (χ3n) is 13.3. The molecule has 1 unspecified atom stereocenters. The Morgan fingerprint density at radius 3 is 2.51 bits per heavy atom. The van der Waals surface area contributed by atoms with E-state index in [0.717, 1.165) is 44.9 Å². The molecule has 5 fully saturated rings. The van der Waals surface area contributed by atoms with Crippen molar-refractivity contribution < 1.29 is 33.8 Å². The van der Waals surface area contributed by atoms with Crippen LogP contribution in [0, 0.1) is 44.6 Å². The summed E-state index contributed by atoms with van der Waals surface area (Å²) >= 11 is 0. The second-order valence-electron chi connectivity index (χ2n) is 15.9. The van der Waals surface area contributed by atoms with Crippen molar-refractivity contribution >= 4 is 11.7 Å². The summed E-state index contributed by atoms with van der Waals surface area (Å²) in [5, 5.41) is 24.7. The summed E-state index contributed by atoms with van der Waals surface area (Å²) in [6.07, 6.45) is 9.31. The summed E-state index contributed by atoms with van der Waals surface area (Å²) in [6.45, 7) is 12.6. The lowest BCUT2D eigenvalue weighted by Crippen LogP contribution is -2.72. The zero-order chi connectivity index (χ0) is 32.2. The molecule has 0 spiro atoms. The van der Waals surface area contributed by atoms with Gasteiger partial charge in [0.1, 0.15) is 17.3 Å². The van der Waals surface area contributed by atoms with Gasteiger partial charge in [0.05, 0.1) is 17.1 Å². The summed E-state index contributed by atoms with van der Waals surface area (Å²) < 4.78 is 26.2. The number of nitro benzene ring substituents is 1. The van der Waals surface area contributed by atoms with Gasteiger partial charge < -0.3 is 24.1 Å². The molecule has 2 aliphatic heterocycles. The first-order chi connectivity index (χ1) is 21.2. The van der Waals surface area contributed by atoms with Crippen molar-refractivity contribution in [3.63, 3.8) is 0 Å². The molecule has 0 radical (unpaired) electrons. The summed E-state index contributed by atoms with van der Waals surface area (Å²) in [5.74, 6) is -0.186. The lowest BCUT2D eigenvalue weighted by Gasteiger charge is -2.61. The molecule has 2 bridgehead atoms. The molecule has 6 aliphatic rings. The molecular formula is C36H49NO8. The second-order valence-corrected chi connectivity index (χ2v) is 15.9. The summed E-state index contributed by atoms with van der Waals surface area (Å²) in [7, 11) is 0. The van der Waals surface area contributed by atoms with Crippen LogP contribution in [-0.2, 0) is 29.7 Å². The lowest BCUT2D eigenvalue weighted by molar-refractivity contribution is -0.439. The number of hydrogen-bond donors (Lipinski definition) is 1. The molecule has 45 heavy (non-hydrogen) atoms. The number of carbonyl (C=O) groups excluding carboxylic acids is 1. The van der Waals surface area contributed by atoms with Gasteiger partial charge in [0.15, 0.2) is 0 Å². The third kappa shape index (κ3) is 4.29. The number of rotatable bonds is 6. The standard InChI is InChI=1S/C36H49NO8/c1-21(2)7-14-30-34(6)35(39)31(44-36(43-30,45-34)23-8-11-25(12-9-23)37(40)41)20-29-27-13-10-24-19-26(42-22(3)38)15-17-32(24,4)28(27)16-18-33(29,35)5/h8-12,21,26-31,39H,7,13-20H2,1-6H3/t26-,27+,28-,29-,30+,31-,32-,33-,34-,35+,36?/m0/s1. The number of esters is 1. The number of ether oxygens (including phenoxy) is 4. The lowest BCUT2D eigenvalue weighted by atomic mass is 9.46. The van der Waals surface area contributed by atoms with Crippen molar-refractivity contribution in [1.29, 1.82) is 0 Å². The van der Waals surface area contributed by atoms with E-state index in [1.807, 2.05) is 6.92 Å². The van der Waals surface area contributed by atoms with Crippen molar-refractivity contribution in [2.75, 3.05) is 0 Å². The molecular weight excluding hydrogens is 574 g/mol. The van der Waals surface area contributed by atoms with Crippen molar-refractivity contribution in [3.8, 4) is 0 Å². The molecule has 1 N–H and O–H groups in total. The number of benzene rings is 1. The van der Waals surface area contributed by atoms with Crippen LogP contribution in [0.1, 0.15) is 105 Å². The number of carbonyl (C=O) groups is 1. The Kier molecular flexibility index (Phi) is 7.18. The van der Waals surface area contributed by atoms with Crippen LogP contribution in [-0.4, -0.2) is 45.5 Å². The number of aliphatic hydroxyl groups is 1. The van der Waals surface area contributed by atoms with Crippen molar-refractivity contribution in [1.82, 2.24) is 0 Å². The number of non-ortho nitro benzene ring substituents is 1. The van der Waals surface area contributed by atoms with Gasteiger partial charge in [-0.25, -0.2) is 0 Å². The highest BCUT2D eigenvalue weighted by molar-refractivity contribution is 5.66. The van der Waals surface area contributed by atoms with Gasteiger partial charge in [-0.05, 0) is 99.5 Å². The Bertz CT molecular complexity index is 1410. The SMILES string of the molecule is CC(=O)O[C@H]1CC[C@@]2(C)C(=CC[C@@H]3[C@@H]2CC[C@@]2(C)[C@H]3C[C@@H]3OC4(c5ccc([N+](=O)[O-])cc5)O[C@H](CCC(C)C)[C@](C)(O4)[C@@]32O)C1. The summed E-state index contributed by atoms with van der Waals surface area (Å²) in [5.41, 5.74) is -0.709. The van der Waals surface area contributed by atoms with E-state index in [0.29, 0.717) is 36.2 Å². The fourth-order valence-corrected chi connectivity index (χ4v) is 11.0. The Morgan fingerprint density at radius 1 is 1.11 bits per heavy atom. The number of nitrogens with zero attached hydrogens (tertiary/aromatic N) is 1. The molecule has 11 atom stereocenters. The van der Waals surface area contributed by atoms with Crippen molar-refractivity contribution in [2.24, 2.45) is 34.5 Å². The topological polar surface area (TPSA) is 117 Å². The van der Waals surface area contributed by atoms with Crippen LogP contribution in [0.3, 0.4) is 0 Å². The van der Waals surface area contributed by atoms with Gasteiger partial charge in [-0.15, -0.1) is 0 Å². The molecule has 2 heterocycles. The quantitative estimate of drug-likeness (QED) is 0.157. The van der Waals surface area contributed by atoms with Crippen LogP contribution in [0.4, 0.5) is 5.69 Å². The predicted octanol–water partition coefficient (Wildman–Crippen LogP) is 6.95. The highest BCUT2D eigenvalue weighted by Crippen LogP contribution is 2.73. The first kappa shape index (κ1) is 31.3. The van der Waals surface area contributed by atoms with E-state index in [9.17, 15) is 20.0 Å². The maximum Gasteiger partial charge on any atom is 0.313 e. The molecule has 9 heteroatoms. The summed E-state index contributed by atoms with van der Waals surface area (Å²) in [6, 6.07) is 6.24. The first-order valence-electron chi connectivity index (χ1n) is 17.1. The second kappa shape index (κ2) is 10.3. The number of nitro groups is 1. The van der Waals surface area contributed by atoms with E-state index >= 15 is 0 Å². The Morgan fingerprint density at radius 2 is 1.84 bits per heavy atom. The van der Waals surface area contributed by atoms with E-state index in [-0.39, 0.29) is 29.1 Å². The molecule has 1 aromatic rings. The average Bonchev–Trinajstić information content (AvgIpc) is 3.39. The zero-order valence-corrected chi connectivity index (χ0v) is 27.5. The van der Waals surface area contributed by atoms with Gasteiger partial charge in [0.25, 0.3) is 5.69 Å². The monoisotopic (exact) mass is 623 g/mol. The molecule has 9 nitrogen and oxygen atoms in total. The minimum absolute atomic E-state index is 0.00914. The minimum Gasteiger partial charge on any atom is -0.462 e. The van der Waals surface area contributed by atoms with Gasteiger partial charge in [0.2, 0.25) is 0 Å². The van der Waals surface area contributed by atoms with Gasteiger partial charge in [-0.2, -0.15) is 0 Å². The molecule has 3 saturated carbocycles.